The Bertz CT molecular complexity index is 1380. The second-order valence-electron chi connectivity index (χ2n) is 8.91. The monoisotopic (exact) mass is 557 g/mol. The van der Waals surface area contributed by atoms with Gasteiger partial charge in [-0.25, -0.2) is 0 Å². The van der Waals surface area contributed by atoms with Crippen molar-refractivity contribution >= 4 is 33.2 Å². The Morgan fingerprint density at radius 1 is 0.750 bits per heavy atom. The summed E-state index contributed by atoms with van der Waals surface area (Å²) in [5, 5.41) is 32.1. The number of nitro benzene ring substituents is 2. The van der Waals surface area contributed by atoms with Crippen molar-refractivity contribution in [2.24, 2.45) is 0 Å². The van der Waals surface area contributed by atoms with Crippen LogP contribution in [0.2, 0.25) is 0 Å². The molecule has 40 heavy (non-hydrogen) atoms. The molecule has 2 aromatic heterocycles. The first-order valence-electron chi connectivity index (χ1n) is 12.5. The van der Waals surface area contributed by atoms with Crippen LogP contribution in [0.25, 0.3) is 21.8 Å². The summed E-state index contributed by atoms with van der Waals surface area (Å²) in [7, 11) is 4.94. The molecule has 0 N–H and O–H groups in total. The number of aromatic nitrogens is 4. The van der Waals surface area contributed by atoms with E-state index in [-0.39, 0.29) is 11.4 Å². The summed E-state index contributed by atoms with van der Waals surface area (Å²) in [5.41, 5.74) is 1.44. The van der Waals surface area contributed by atoms with Gasteiger partial charge in [0.1, 0.15) is 0 Å². The predicted molar refractivity (Wildman–Crippen MR) is 145 cm³/mol. The molecule has 0 bridgehead atoms. The molecule has 0 amide bonds. The van der Waals surface area contributed by atoms with E-state index in [4.69, 9.17) is 18.9 Å². The molecule has 2 aromatic carbocycles. The van der Waals surface area contributed by atoms with Gasteiger partial charge in [-0.3, -0.25) is 29.6 Å². The van der Waals surface area contributed by atoms with Gasteiger partial charge in [-0.2, -0.15) is 0 Å². The number of nitro groups is 2. The highest BCUT2D eigenvalue weighted by Crippen LogP contribution is 2.29. The van der Waals surface area contributed by atoms with Gasteiger partial charge >= 0.3 is 0 Å². The molecule has 0 aliphatic carbocycles. The number of benzene rings is 2. The molecule has 0 saturated carbocycles. The molecular formula is C25H31N7O8. The molecule has 0 unspecified atom stereocenters. The van der Waals surface area contributed by atoms with Gasteiger partial charge in [-0.15, -0.1) is 10.2 Å². The van der Waals surface area contributed by atoms with Crippen LogP contribution in [-0.2, 0) is 22.6 Å². The molecule has 15 nitrogen and oxygen atoms in total. The van der Waals surface area contributed by atoms with Gasteiger partial charge in [0, 0.05) is 37.4 Å². The van der Waals surface area contributed by atoms with E-state index < -0.39 is 9.85 Å². The standard InChI is InChI=1S/C25H31N7O8/c1-28(8-12-39-14-10-29-22-6-4-18(31(33)34)16-20(22)24(26-29)37-2)9-13-40-15-11-30-23-7-5-19(32(35)36)17-21(23)25(27-30)38-3/h4-7,16-17H,8-15H2,1-3H3. The van der Waals surface area contributed by atoms with Crippen molar-refractivity contribution in [3.8, 4) is 11.8 Å². The van der Waals surface area contributed by atoms with Crippen LogP contribution in [-0.4, -0.2) is 95.1 Å². The Morgan fingerprint density at radius 3 is 1.55 bits per heavy atom. The normalized spacial score (nSPS) is 11.5. The lowest BCUT2D eigenvalue weighted by atomic mass is 10.2. The topological polar surface area (TPSA) is 162 Å². The van der Waals surface area contributed by atoms with Crippen LogP contribution in [0, 0.1) is 20.2 Å². The number of rotatable bonds is 16. The number of fused-ring (bicyclic) bond motifs is 2. The van der Waals surface area contributed by atoms with E-state index in [2.05, 4.69) is 15.1 Å². The zero-order chi connectivity index (χ0) is 28.6. The van der Waals surface area contributed by atoms with Crippen molar-refractivity contribution in [3.05, 3.63) is 56.6 Å². The van der Waals surface area contributed by atoms with Crippen LogP contribution in [0.15, 0.2) is 36.4 Å². The van der Waals surface area contributed by atoms with Crippen LogP contribution in [0.1, 0.15) is 0 Å². The average Bonchev–Trinajstić information content (AvgIpc) is 3.49. The number of hydrogen-bond acceptors (Lipinski definition) is 11. The third kappa shape index (κ3) is 6.62. The molecule has 0 fully saturated rings. The fraction of sp³-hybridized carbons (Fsp3) is 0.440. The fourth-order valence-corrected chi connectivity index (χ4v) is 4.20. The first-order chi connectivity index (χ1) is 19.3. The minimum absolute atomic E-state index is 0.0166. The van der Waals surface area contributed by atoms with Crippen molar-refractivity contribution in [1.29, 1.82) is 0 Å². The first-order valence-corrected chi connectivity index (χ1v) is 12.5. The van der Waals surface area contributed by atoms with Gasteiger partial charge in [0.05, 0.1) is 85.4 Å². The molecular weight excluding hydrogens is 526 g/mol. The van der Waals surface area contributed by atoms with Crippen molar-refractivity contribution in [2.45, 2.75) is 13.1 Å². The summed E-state index contributed by atoms with van der Waals surface area (Å²) in [6, 6.07) is 9.12. The molecule has 0 aliphatic heterocycles. The Labute approximate surface area is 229 Å². The van der Waals surface area contributed by atoms with Crippen molar-refractivity contribution in [2.75, 3.05) is 60.8 Å². The van der Waals surface area contributed by atoms with E-state index in [0.29, 0.717) is 75.1 Å². The Morgan fingerprint density at radius 2 is 1.18 bits per heavy atom. The number of hydrogen-bond donors (Lipinski definition) is 0. The number of non-ortho nitro benzene ring substituents is 2. The summed E-state index contributed by atoms with van der Waals surface area (Å²) < 4.78 is 25.5. The van der Waals surface area contributed by atoms with Gasteiger partial charge in [-0.1, -0.05) is 0 Å². The molecule has 0 aliphatic rings. The summed E-state index contributed by atoms with van der Waals surface area (Å²) in [5.74, 6) is 0.671. The summed E-state index contributed by atoms with van der Waals surface area (Å²) in [6.07, 6.45) is 0. The van der Waals surface area contributed by atoms with E-state index in [0.717, 1.165) is 11.0 Å². The van der Waals surface area contributed by atoms with Crippen LogP contribution < -0.4 is 9.47 Å². The third-order valence-electron chi connectivity index (χ3n) is 6.34. The van der Waals surface area contributed by atoms with Gasteiger partial charge < -0.3 is 23.8 Å². The average molecular weight is 558 g/mol. The van der Waals surface area contributed by atoms with Crippen molar-refractivity contribution < 1.29 is 28.8 Å². The molecule has 0 radical (unpaired) electrons. The SMILES string of the molecule is COc1nn(CCOCCN(C)CCOCCn2nc(OC)c3cc([N+](=O)[O-])ccc32)c2ccc([N+](=O)[O-])cc12. The zero-order valence-corrected chi connectivity index (χ0v) is 22.5. The van der Waals surface area contributed by atoms with Crippen molar-refractivity contribution in [1.82, 2.24) is 24.5 Å². The fourth-order valence-electron chi connectivity index (χ4n) is 4.20. The maximum Gasteiger partial charge on any atom is 0.270 e. The Kier molecular flexibility index (Phi) is 9.42. The second-order valence-corrected chi connectivity index (χ2v) is 8.91. The van der Waals surface area contributed by atoms with E-state index in [1.807, 2.05) is 7.05 Å². The Balaban J connectivity index is 1.15. The smallest absolute Gasteiger partial charge is 0.270 e. The molecule has 0 atom stereocenters. The molecule has 0 spiro atoms. The molecule has 2 heterocycles. The third-order valence-corrected chi connectivity index (χ3v) is 6.34. The maximum absolute atomic E-state index is 11.1. The van der Waals surface area contributed by atoms with Gasteiger partial charge in [-0.05, 0) is 19.2 Å². The molecule has 0 saturated heterocycles. The highest BCUT2D eigenvalue weighted by molar-refractivity contribution is 5.87. The maximum atomic E-state index is 11.1. The highest BCUT2D eigenvalue weighted by atomic mass is 16.6. The molecule has 4 rings (SSSR count). The van der Waals surface area contributed by atoms with Gasteiger partial charge in [0.2, 0.25) is 11.8 Å². The minimum Gasteiger partial charge on any atom is -0.479 e. The molecule has 4 aromatic rings. The van der Waals surface area contributed by atoms with Gasteiger partial charge in [0.15, 0.2) is 0 Å². The zero-order valence-electron chi connectivity index (χ0n) is 22.5. The van der Waals surface area contributed by atoms with Crippen LogP contribution in [0.4, 0.5) is 11.4 Å². The second kappa shape index (κ2) is 13.1. The first kappa shape index (κ1) is 28.7. The van der Waals surface area contributed by atoms with E-state index in [1.54, 1.807) is 21.5 Å². The summed E-state index contributed by atoms with van der Waals surface area (Å²) in [6.45, 7) is 4.25. The minimum atomic E-state index is -0.448. The van der Waals surface area contributed by atoms with Crippen LogP contribution in [0.3, 0.4) is 0 Å². The highest BCUT2D eigenvalue weighted by Gasteiger charge is 2.17. The number of likely N-dealkylation sites (N-methyl/N-ethyl adjacent to an activating group) is 1. The number of nitrogens with zero attached hydrogens (tertiary/aromatic N) is 7. The van der Waals surface area contributed by atoms with E-state index in [9.17, 15) is 20.2 Å². The quantitative estimate of drug-likeness (QED) is 0.113. The van der Waals surface area contributed by atoms with E-state index in [1.165, 1.54) is 38.5 Å². The lowest BCUT2D eigenvalue weighted by Gasteiger charge is -2.16. The van der Waals surface area contributed by atoms with Crippen LogP contribution >= 0.6 is 0 Å². The lowest BCUT2D eigenvalue weighted by molar-refractivity contribution is -0.384. The van der Waals surface area contributed by atoms with Crippen molar-refractivity contribution in [3.63, 3.8) is 0 Å². The summed E-state index contributed by atoms with van der Waals surface area (Å²) >= 11 is 0. The van der Waals surface area contributed by atoms with E-state index >= 15 is 0 Å². The summed E-state index contributed by atoms with van der Waals surface area (Å²) in [4.78, 5) is 23.3. The predicted octanol–water partition coefficient (Wildman–Crippen LogP) is 2.88. The van der Waals surface area contributed by atoms with Crippen LogP contribution in [0.5, 0.6) is 11.8 Å². The molecule has 15 heteroatoms. The lowest BCUT2D eigenvalue weighted by Crippen LogP contribution is -2.28. The Hall–Kier alpha value is -4.34. The number of ether oxygens (including phenoxy) is 4. The largest absolute Gasteiger partial charge is 0.479 e. The number of methoxy groups -OCH3 is 2. The van der Waals surface area contributed by atoms with Gasteiger partial charge in [0.25, 0.3) is 11.4 Å². The molecule has 214 valence electrons.